The molecule has 6 heteroatoms. The molecule has 1 rings (SSSR count). The third-order valence-corrected chi connectivity index (χ3v) is 3.77. The number of rotatable bonds is 2. The number of carbonyl (C=O) groups excluding carboxylic acids is 3. The van der Waals surface area contributed by atoms with Crippen molar-refractivity contribution in [3.63, 3.8) is 0 Å². The lowest BCUT2D eigenvalue weighted by Gasteiger charge is -2.42. The number of hydrogen-bond donors (Lipinski definition) is 0. The average molecular weight is 257 g/mol. The summed E-state index contributed by atoms with van der Waals surface area (Å²) in [5, 5.41) is 0. The Morgan fingerprint density at radius 1 is 1.00 bits per heavy atom. The molecule has 0 spiro atoms. The monoisotopic (exact) mass is 257 g/mol. The Morgan fingerprint density at radius 2 is 1.33 bits per heavy atom. The molecule has 6 nitrogen and oxygen atoms in total. The second-order valence-corrected chi connectivity index (χ2v) is 4.55. The molecule has 0 aromatic heterocycles. The summed E-state index contributed by atoms with van der Waals surface area (Å²) in [6.45, 7) is 3.53. The molecule has 4 atom stereocenters. The average Bonchev–Trinajstić information content (AvgIpc) is 2.35. The van der Waals surface area contributed by atoms with Gasteiger partial charge in [0.05, 0.1) is 14.2 Å². The standard InChI is InChI=1S/C12H19NO5/c1-6-8(11(15)17-4)10(14)9(12(16)18-5)7(2)13(6)3/h6-9H,1-5H3/t6-,7+,8+,9-. The minimum Gasteiger partial charge on any atom is -0.468 e. The number of ketones is 1. The molecule has 1 saturated heterocycles. The lowest BCUT2D eigenvalue weighted by Crippen LogP contribution is -2.60. The van der Waals surface area contributed by atoms with Gasteiger partial charge in [-0.2, -0.15) is 0 Å². The molecule has 0 radical (unpaired) electrons. The van der Waals surface area contributed by atoms with Crippen LogP contribution in [0.3, 0.4) is 0 Å². The first-order valence-corrected chi connectivity index (χ1v) is 5.78. The number of nitrogens with zero attached hydrogens (tertiary/aromatic N) is 1. The highest BCUT2D eigenvalue weighted by atomic mass is 16.5. The Labute approximate surface area is 106 Å². The number of carbonyl (C=O) groups is 3. The maximum atomic E-state index is 12.3. The summed E-state index contributed by atoms with van der Waals surface area (Å²) in [6, 6.07) is -0.610. The zero-order valence-electron chi connectivity index (χ0n) is 11.3. The number of piperidine rings is 1. The Kier molecular flexibility index (Phi) is 4.45. The van der Waals surface area contributed by atoms with Crippen LogP contribution in [-0.4, -0.2) is 56.0 Å². The fraction of sp³-hybridized carbons (Fsp3) is 0.750. The Bertz CT molecular complexity index is 335. The summed E-state index contributed by atoms with van der Waals surface area (Å²) in [4.78, 5) is 37.4. The maximum absolute atomic E-state index is 12.3. The minimum absolute atomic E-state index is 0.305. The van der Waals surface area contributed by atoms with Crippen LogP contribution >= 0.6 is 0 Å². The summed E-state index contributed by atoms with van der Waals surface area (Å²) in [5.74, 6) is -3.53. The van der Waals surface area contributed by atoms with Crippen LogP contribution in [-0.2, 0) is 23.9 Å². The molecule has 0 saturated carbocycles. The first kappa shape index (κ1) is 14.6. The van der Waals surface area contributed by atoms with Crippen LogP contribution in [0, 0.1) is 11.8 Å². The van der Waals surface area contributed by atoms with Gasteiger partial charge in [0, 0.05) is 12.1 Å². The van der Waals surface area contributed by atoms with Crippen molar-refractivity contribution in [3.8, 4) is 0 Å². The van der Waals surface area contributed by atoms with E-state index < -0.39 is 29.6 Å². The number of hydrogen-bond acceptors (Lipinski definition) is 6. The lowest BCUT2D eigenvalue weighted by atomic mass is 9.78. The van der Waals surface area contributed by atoms with Gasteiger partial charge in [0.25, 0.3) is 0 Å². The first-order chi connectivity index (χ1) is 8.36. The van der Waals surface area contributed by atoms with Crippen LogP contribution in [0.5, 0.6) is 0 Å². The number of ether oxygens (including phenoxy) is 2. The van der Waals surface area contributed by atoms with E-state index in [2.05, 4.69) is 9.47 Å². The Balaban J connectivity index is 3.12. The predicted molar refractivity (Wildman–Crippen MR) is 62.7 cm³/mol. The molecule has 0 unspecified atom stereocenters. The van der Waals surface area contributed by atoms with E-state index in [4.69, 9.17) is 0 Å². The van der Waals surface area contributed by atoms with E-state index in [0.717, 1.165) is 0 Å². The van der Waals surface area contributed by atoms with Gasteiger partial charge in [-0.1, -0.05) is 0 Å². The predicted octanol–water partition coefficient (Wildman–Crippen LogP) is -0.144. The van der Waals surface area contributed by atoms with Gasteiger partial charge in [-0.05, 0) is 20.9 Å². The Morgan fingerprint density at radius 3 is 1.61 bits per heavy atom. The highest BCUT2D eigenvalue weighted by Crippen LogP contribution is 2.30. The molecule has 0 aromatic carbocycles. The number of likely N-dealkylation sites (tertiary alicyclic amines) is 1. The molecule has 102 valence electrons. The summed E-state index contributed by atoms with van der Waals surface area (Å²) >= 11 is 0. The maximum Gasteiger partial charge on any atom is 0.317 e. The molecular weight excluding hydrogens is 238 g/mol. The van der Waals surface area contributed by atoms with Gasteiger partial charge in [0.15, 0.2) is 5.78 Å². The quantitative estimate of drug-likeness (QED) is 0.506. The van der Waals surface area contributed by atoms with Crippen molar-refractivity contribution >= 4 is 17.7 Å². The smallest absolute Gasteiger partial charge is 0.317 e. The van der Waals surface area contributed by atoms with Crippen molar-refractivity contribution in [1.82, 2.24) is 4.90 Å². The molecule has 0 bridgehead atoms. The summed E-state index contributed by atoms with van der Waals surface area (Å²) in [6.07, 6.45) is 0. The van der Waals surface area contributed by atoms with E-state index in [1.807, 2.05) is 4.90 Å². The third kappa shape index (κ3) is 2.25. The summed E-state index contributed by atoms with van der Waals surface area (Å²) in [5.41, 5.74) is 0. The third-order valence-electron chi connectivity index (χ3n) is 3.77. The van der Waals surface area contributed by atoms with Crippen LogP contribution in [0.2, 0.25) is 0 Å². The van der Waals surface area contributed by atoms with Crippen molar-refractivity contribution < 1.29 is 23.9 Å². The highest BCUT2D eigenvalue weighted by molar-refractivity contribution is 6.10. The van der Waals surface area contributed by atoms with E-state index >= 15 is 0 Å². The van der Waals surface area contributed by atoms with Crippen molar-refractivity contribution in [2.24, 2.45) is 11.8 Å². The molecule has 0 aliphatic carbocycles. The molecule has 1 heterocycles. The Hall–Kier alpha value is -1.43. The minimum atomic E-state index is -0.944. The molecule has 18 heavy (non-hydrogen) atoms. The van der Waals surface area contributed by atoms with Gasteiger partial charge in [0.2, 0.25) is 0 Å². The van der Waals surface area contributed by atoms with Crippen LogP contribution in [0.25, 0.3) is 0 Å². The highest BCUT2D eigenvalue weighted by Gasteiger charge is 2.50. The number of esters is 2. The zero-order chi connectivity index (χ0) is 14.0. The normalized spacial score (nSPS) is 33.1. The van der Waals surface area contributed by atoms with Crippen molar-refractivity contribution in [1.29, 1.82) is 0 Å². The molecular formula is C12H19NO5. The van der Waals surface area contributed by atoms with E-state index in [0.29, 0.717) is 0 Å². The van der Waals surface area contributed by atoms with Gasteiger partial charge in [0.1, 0.15) is 11.8 Å². The van der Waals surface area contributed by atoms with Crippen LogP contribution in [0.4, 0.5) is 0 Å². The van der Waals surface area contributed by atoms with Gasteiger partial charge >= 0.3 is 11.9 Å². The summed E-state index contributed by atoms with van der Waals surface area (Å²) < 4.78 is 9.27. The number of methoxy groups -OCH3 is 2. The zero-order valence-corrected chi connectivity index (χ0v) is 11.3. The van der Waals surface area contributed by atoms with Crippen LogP contribution < -0.4 is 0 Å². The SMILES string of the molecule is COC(=O)[C@@H]1C(=O)[C@H](C(=O)OC)[C@H](C)N(C)[C@@H]1C. The molecule has 0 N–H and O–H groups in total. The van der Waals surface area contributed by atoms with Crippen LogP contribution in [0.1, 0.15) is 13.8 Å². The lowest BCUT2D eigenvalue weighted by molar-refractivity contribution is -0.165. The van der Waals surface area contributed by atoms with Crippen LogP contribution in [0.15, 0.2) is 0 Å². The molecule has 1 fully saturated rings. The first-order valence-electron chi connectivity index (χ1n) is 5.78. The van der Waals surface area contributed by atoms with Crippen molar-refractivity contribution in [3.05, 3.63) is 0 Å². The van der Waals surface area contributed by atoms with E-state index in [1.165, 1.54) is 14.2 Å². The van der Waals surface area contributed by atoms with Crippen molar-refractivity contribution in [2.45, 2.75) is 25.9 Å². The fourth-order valence-electron chi connectivity index (χ4n) is 2.39. The van der Waals surface area contributed by atoms with Gasteiger partial charge in [-0.3, -0.25) is 19.3 Å². The summed E-state index contributed by atoms with van der Waals surface area (Å²) in [7, 11) is 4.23. The fourth-order valence-corrected chi connectivity index (χ4v) is 2.39. The molecule has 0 aromatic rings. The largest absolute Gasteiger partial charge is 0.468 e. The van der Waals surface area contributed by atoms with Crippen molar-refractivity contribution in [2.75, 3.05) is 21.3 Å². The van der Waals surface area contributed by atoms with E-state index in [-0.39, 0.29) is 12.1 Å². The topological polar surface area (TPSA) is 72.9 Å². The van der Waals surface area contributed by atoms with Gasteiger partial charge in [-0.25, -0.2) is 0 Å². The van der Waals surface area contributed by atoms with Gasteiger partial charge in [-0.15, -0.1) is 0 Å². The number of Topliss-reactive ketones (excluding diaryl/α,β-unsaturated/α-hetero) is 1. The molecule has 1 aliphatic heterocycles. The second-order valence-electron chi connectivity index (χ2n) is 4.55. The van der Waals surface area contributed by atoms with E-state index in [9.17, 15) is 14.4 Å². The van der Waals surface area contributed by atoms with Gasteiger partial charge < -0.3 is 9.47 Å². The second kappa shape index (κ2) is 5.48. The molecule has 1 aliphatic rings. The van der Waals surface area contributed by atoms with E-state index in [1.54, 1.807) is 20.9 Å². The molecule has 0 amide bonds.